The number of nitrogens with two attached hydrogens (primary N) is 1. The molecule has 7 heavy (non-hydrogen) atoms. The molecule has 0 amide bonds. The lowest BCUT2D eigenvalue weighted by atomic mass is 10.3. The molecule has 0 saturated heterocycles. The minimum atomic E-state index is -0.0810. The van der Waals surface area contributed by atoms with Gasteiger partial charge in [0.05, 0.1) is 5.71 Å². The van der Waals surface area contributed by atoms with Gasteiger partial charge < -0.3 is 5.84 Å². The summed E-state index contributed by atoms with van der Waals surface area (Å²) in [6.45, 7) is 2.99. The van der Waals surface area contributed by atoms with Crippen LogP contribution in [0.3, 0.4) is 0 Å². The molecule has 0 unspecified atom stereocenters. The van der Waals surface area contributed by atoms with Crippen LogP contribution in [0.4, 0.5) is 0 Å². The second kappa shape index (κ2) is 2.34. The Morgan fingerprint density at radius 3 is 2.00 bits per heavy atom. The van der Waals surface area contributed by atoms with Crippen LogP contribution in [0.5, 0.6) is 0 Å². The van der Waals surface area contributed by atoms with Crippen LogP contribution in [0, 0.1) is 0 Å². The summed E-state index contributed by atoms with van der Waals surface area (Å²) >= 11 is 0. The molecule has 0 aromatic heterocycles. The zero-order valence-electron chi connectivity index (χ0n) is 4.43. The number of carbonyl (C=O) groups excluding carboxylic acids is 1. The van der Waals surface area contributed by atoms with Crippen LogP contribution in [0.2, 0.25) is 0 Å². The highest BCUT2D eigenvalue weighted by Crippen LogP contribution is 1.71. The van der Waals surface area contributed by atoms with E-state index in [2.05, 4.69) is 5.10 Å². The van der Waals surface area contributed by atoms with Gasteiger partial charge in [-0.25, -0.2) is 0 Å². The molecule has 0 atom stereocenters. The van der Waals surface area contributed by atoms with Crippen LogP contribution in [-0.2, 0) is 4.79 Å². The molecule has 0 aliphatic carbocycles. The van der Waals surface area contributed by atoms with E-state index in [1.54, 1.807) is 6.92 Å². The maximum atomic E-state index is 10.2. The van der Waals surface area contributed by atoms with Gasteiger partial charge in [-0.05, 0) is 6.92 Å². The van der Waals surface area contributed by atoms with Gasteiger partial charge in [0.1, 0.15) is 0 Å². The van der Waals surface area contributed by atoms with Crippen molar-refractivity contribution < 1.29 is 4.79 Å². The van der Waals surface area contributed by atoms with E-state index in [1.165, 1.54) is 6.92 Å². The fraction of sp³-hybridized carbons (Fsp3) is 0.500. The van der Waals surface area contributed by atoms with Gasteiger partial charge >= 0.3 is 0 Å². The number of nitrogens with zero attached hydrogens (tertiary/aromatic N) is 1. The predicted molar refractivity (Wildman–Crippen MR) is 28.0 cm³/mol. The standard InChI is InChI=1S/C4H8N2O/c1-3(6-5)4(2)7/h5H2,1-2H3/b6-3-. The van der Waals surface area contributed by atoms with E-state index in [4.69, 9.17) is 5.84 Å². The molecular formula is C4H8N2O. The monoisotopic (exact) mass is 100 g/mol. The van der Waals surface area contributed by atoms with Crippen molar-refractivity contribution in [2.75, 3.05) is 0 Å². The van der Waals surface area contributed by atoms with Gasteiger partial charge in [-0.2, -0.15) is 5.10 Å². The van der Waals surface area contributed by atoms with Crippen LogP contribution in [0.1, 0.15) is 13.8 Å². The SMILES string of the molecule is CC(=O)/C(C)=N\N. The zero-order valence-corrected chi connectivity index (χ0v) is 4.43. The lowest BCUT2D eigenvalue weighted by Crippen LogP contribution is -2.06. The molecule has 3 heteroatoms. The summed E-state index contributed by atoms with van der Waals surface area (Å²) in [4.78, 5) is 10.2. The molecule has 0 heterocycles. The van der Waals surface area contributed by atoms with Crippen molar-refractivity contribution >= 4 is 11.5 Å². The second-order valence-corrected chi connectivity index (χ2v) is 1.27. The van der Waals surface area contributed by atoms with E-state index in [1.807, 2.05) is 0 Å². The number of hydrazone groups is 1. The zero-order chi connectivity index (χ0) is 5.86. The maximum Gasteiger partial charge on any atom is 0.175 e. The number of ketones is 1. The van der Waals surface area contributed by atoms with Crippen LogP contribution in [0.15, 0.2) is 5.10 Å². The Balaban J connectivity index is 3.82. The fourth-order valence-electron chi connectivity index (χ4n) is 0.0909. The summed E-state index contributed by atoms with van der Waals surface area (Å²) in [5.41, 5.74) is 0.361. The molecule has 0 aromatic carbocycles. The lowest BCUT2D eigenvalue weighted by molar-refractivity contribution is -0.111. The van der Waals surface area contributed by atoms with Crippen molar-refractivity contribution in [3.05, 3.63) is 0 Å². The molecule has 0 aliphatic rings. The van der Waals surface area contributed by atoms with Crippen molar-refractivity contribution in [1.29, 1.82) is 0 Å². The van der Waals surface area contributed by atoms with Crippen molar-refractivity contribution in [2.24, 2.45) is 10.9 Å². The highest BCUT2D eigenvalue weighted by Gasteiger charge is 1.92. The third-order valence-electron chi connectivity index (χ3n) is 0.703. The van der Waals surface area contributed by atoms with E-state index < -0.39 is 0 Å². The van der Waals surface area contributed by atoms with Crippen molar-refractivity contribution in [3.8, 4) is 0 Å². The highest BCUT2D eigenvalue weighted by atomic mass is 16.1. The summed E-state index contributed by atoms with van der Waals surface area (Å²) < 4.78 is 0. The van der Waals surface area contributed by atoms with Gasteiger partial charge in [0.15, 0.2) is 5.78 Å². The lowest BCUT2D eigenvalue weighted by Gasteiger charge is -1.83. The Bertz CT molecular complexity index is 106. The molecular weight excluding hydrogens is 92.1 g/mol. The molecule has 3 nitrogen and oxygen atoms in total. The maximum absolute atomic E-state index is 10.2. The molecule has 0 fully saturated rings. The first-order chi connectivity index (χ1) is 3.18. The van der Waals surface area contributed by atoms with Gasteiger partial charge in [-0.1, -0.05) is 0 Å². The first-order valence-electron chi connectivity index (χ1n) is 1.94. The van der Waals surface area contributed by atoms with Crippen molar-refractivity contribution in [2.45, 2.75) is 13.8 Å². The van der Waals surface area contributed by atoms with Gasteiger partial charge in [0.2, 0.25) is 0 Å². The predicted octanol–water partition coefficient (Wildman–Crippen LogP) is -0.0900. The summed E-state index contributed by atoms with van der Waals surface area (Å²) in [6.07, 6.45) is 0. The van der Waals surface area contributed by atoms with E-state index in [0.29, 0.717) is 5.71 Å². The van der Waals surface area contributed by atoms with Crippen molar-refractivity contribution in [3.63, 3.8) is 0 Å². The topological polar surface area (TPSA) is 55.5 Å². The minimum absolute atomic E-state index is 0.0810. The summed E-state index contributed by atoms with van der Waals surface area (Å²) in [5, 5.41) is 3.16. The Morgan fingerprint density at radius 1 is 1.57 bits per heavy atom. The molecule has 0 saturated carbocycles. The third-order valence-corrected chi connectivity index (χ3v) is 0.703. The Morgan fingerprint density at radius 2 is 2.00 bits per heavy atom. The molecule has 0 aromatic rings. The third kappa shape index (κ3) is 1.92. The molecule has 40 valence electrons. The summed E-state index contributed by atoms with van der Waals surface area (Å²) in [7, 11) is 0. The molecule has 0 aliphatic heterocycles. The number of rotatable bonds is 1. The quantitative estimate of drug-likeness (QED) is 0.284. The van der Waals surface area contributed by atoms with Gasteiger partial charge in [-0.3, -0.25) is 4.79 Å². The minimum Gasteiger partial charge on any atom is -0.323 e. The van der Waals surface area contributed by atoms with Crippen LogP contribution >= 0.6 is 0 Å². The van der Waals surface area contributed by atoms with Crippen molar-refractivity contribution in [1.82, 2.24) is 0 Å². The normalized spacial score (nSPS) is 11.4. The molecule has 0 rings (SSSR count). The Hall–Kier alpha value is -0.860. The summed E-state index contributed by atoms with van der Waals surface area (Å²) in [6, 6.07) is 0. The first-order valence-corrected chi connectivity index (χ1v) is 1.94. The summed E-state index contributed by atoms with van der Waals surface area (Å²) in [5.74, 6) is 4.66. The van der Waals surface area contributed by atoms with Crippen LogP contribution in [0.25, 0.3) is 0 Å². The number of hydrogen-bond acceptors (Lipinski definition) is 3. The number of hydrogen-bond donors (Lipinski definition) is 1. The molecule has 2 N–H and O–H groups in total. The van der Waals surface area contributed by atoms with Crippen LogP contribution in [-0.4, -0.2) is 11.5 Å². The first kappa shape index (κ1) is 6.14. The Labute approximate surface area is 42.2 Å². The van der Waals surface area contributed by atoms with Gasteiger partial charge in [0.25, 0.3) is 0 Å². The highest BCUT2D eigenvalue weighted by molar-refractivity contribution is 6.37. The average molecular weight is 100 g/mol. The van der Waals surface area contributed by atoms with E-state index in [0.717, 1.165) is 0 Å². The smallest absolute Gasteiger partial charge is 0.175 e. The Kier molecular flexibility index (Phi) is 2.05. The van der Waals surface area contributed by atoms with Crippen LogP contribution < -0.4 is 5.84 Å². The van der Waals surface area contributed by atoms with E-state index in [9.17, 15) is 4.79 Å². The fourth-order valence-corrected chi connectivity index (χ4v) is 0.0909. The molecule has 0 bridgehead atoms. The van der Waals surface area contributed by atoms with E-state index >= 15 is 0 Å². The average Bonchev–Trinajstić information content (AvgIpc) is 1.65. The number of carbonyl (C=O) groups is 1. The van der Waals surface area contributed by atoms with E-state index in [-0.39, 0.29) is 5.78 Å². The van der Waals surface area contributed by atoms with Gasteiger partial charge in [-0.15, -0.1) is 0 Å². The second-order valence-electron chi connectivity index (χ2n) is 1.27. The molecule has 0 spiro atoms. The number of Topliss-reactive ketones (excluding diaryl/α,β-unsaturated/α-hetero) is 1. The largest absolute Gasteiger partial charge is 0.323 e. The molecule has 0 radical (unpaired) electrons. The van der Waals surface area contributed by atoms with Gasteiger partial charge in [0, 0.05) is 6.92 Å².